The Hall–Kier alpha value is -0.0800. The topological polar surface area (TPSA) is 3.24 Å². The lowest BCUT2D eigenvalue weighted by molar-refractivity contribution is 0.376. The summed E-state index contributed by atoms with van der Waals surface area (Å²) >= 11 is 3.52. The monoisotopic (exact) mass is 213 g/mol. The van der Waals surface area contributed by atoms with Gasteiger partial charge in [-0.2, -0.15) is 0 Å². The Morgan fingerprint density at radius 2 is 2.45 bits per heavy atom. The molecule has 1 unspecified atom stereocenters. The number of piperidine rings is 1. The summed E-state index contributed by atoms with van der Waals surface area (Å²) in [5.74, 6) is 0.841. The molecule has 1 heterocycles. The van der Waals surface area contributed by atoms with Crippen molar-refractivity contribution in [2.24, 2.45) is 5.92 Å². The highest BCUT2D eigenvalue weighted by atomic mass is 79.9. The lowest BCUT2D eigenvalue weighted by Crippen LogP contribution is -2.28. The molecule has 1 aliphatic heterocycles. The van der Waals surface area contributed by atoms with Crippen LogP contribution in [0.4, 0.5) is 0 Å². The molecule has 2 heteroatoms. The van der Waals surface area contributed by atoms with E-state index in [1.165, 1.54) is 19.4 Å². The fourth-order valence-corrected chi connectivity index (χ4v) is 2.27. The van der Waals surface area contributed by atoms with E-state index in [9.17, 15) is 0 Å². The van der Waals surface area contributed by atoms with Crippen LogP contribution < -0.4 is 0 Å². The smallest absolute Gasteiger partial charge is 0.0308 e. The molecule has 2 rings (SSSR count). The summed E-state index contributed by atoms with van der Waals surface area (Å²) in [4.78, 5) is 0. The Balaban J connectivity index is 2.12. The summed E-state index contributed by atoms with van der Waals surface area (Å²) in [6.07, 6.45) is 9.28. The van der Waals surface area contributed by atoms with Gasteiger partial charge in [0.15, 0.2) is 0 Å². The van der Waals surface area contributed by atoms with Crippen LogP contribution >= 0.6 is 16.1 Å². The van der Waals surface area contributed by atoms with E-state index in [1.807, 2.05) is 0 Å². The Bertz CT molecular complexity index is 208. The number of allylic oxidation sites excluding steroid dienone is 3. The summed E-state index contributed by atoms with van der Waals surface area (Å²) < 4.78 is 2.22. The van der Waals surface area contributed by atoms with Crippen LogP contribution in [0.5, 0.6) is 0 Å². The van der Waals surface area contributed by atoms with E-state index in [2.05, 4.69) is 38.3 Å². The van der Waals surface area contributed by atoms with Gasteiger partial charge in [0.2, 0.25) is 0 Å². The van der Waals surface area contributed by atoms with Gasteiger partial charge < -0.3 is 0 Å². The lowest BCUT2D eigenvalue weighted by atomic mass is 9.86. The molecule has 1 saturated heterocycles. The molecule has 0 radical (unpaired) electrons. The van der Waals surface area contributed by atoms with Gasteiger partial charge in [0.05, 0.1) is 0 Å². The van der Waals surface area contributed by atoms with Crippen LogP contribution in [0.1, 0.15) is 12.8 Å². The quantitative estimate of drug-likeness (QED) is 0.560. The van der Waals surface area contributed by atoms with Crippen LogP contribution in [0.15, 0.2) is 23.8 Å². The predicted octanol–water partition coefficient (Wildman–Crippen LogP) is 2.50. The third-order valence-corrected chi connectivity index (χ3v) is 3.07. The first-order valence-corrected chi connectivity index (χ1v) is 4.83. The normalized spacial score (nSPS) is 31.4. The highest BCUT2D eigenvalue weighted by molar-refractivity contribution is 9.07. The number of halogens is 1. The van der Waals surface area contributed by atoms with Crippen LogP contribution in [-0.4, -0.2) is 17.0 Å². The molecule has 0 spiro atoms. The summed E-state index contributed by atoms with van der Waals surface area (Å²) in [6.45, 7) is 2.30. The number of nitrogens with zero attached hydrogens (tertiary/aromatic N) is 1. The minimum Gasteiger partial charge on any atom is -0.238 e. The van der Waals surface area contributed by atoms with Crippen LogP contribution in [0, 0.1) is 5.92 Å². The molecule has 0 amide bonds. The van der Waals surface area contributed by atoms with E-state index in [0.29, 0.717) is 0 Å². The van der Waals surface area contributed by atoms with Crippen molar-refractivity contribution in [3.8, 4) is 0 Å². The van der Waals surface area contributed by atoms with E-state index in [1.54, 1.807) is 5.57 Å². The third-order valence-electron chi connectivity index (χ3n) is 2.47. The van der Waals surface area contributed by atoms with E-state index in [4.69, 9.17) is 0 Å². The number of fused-ring (bicyclic) bond motifs is 1. The van der Waals surface area contributed by atoms with Crippen molar-refractivity contribution in [1.82, 2.24) is 3.93 Å². The van der Waals surface area contributed by atoms with Gasteiger partial charge in [0, 0.05) is 29.2 Å². The SMILES string of the molecule is BrN1CCC2CC=CC=C2C1. The van der Waals surface area contributed by atoms with E-state index >= 15 is 0 Å². The van der Waals surface area contributed by atoms with Crippen LogP contribution in [-0.2, 0) is 0 Å². The van der Waals surface area contributed by atoms with E-state index in [0.717, 1.165) is 12.5 Å². The lowest BCUT2D eigenvalue weighted by Gasteiger charge is -2.31. The van der Waals surface area contributed by atoms with Crippen molar-refractivity contribution in [1.29, 1.82) is 0 Å². The van der Waals surface area contributed by atoms with Gasteiger partial charge in [-0.25, -0.2) is 3.93 Å². The van der Waals surface area contributed by atoms with Crippen molar-refractivity contribution < 1.29 is 0 Å². The molecule has 11 heavy (non-hydrogen) atoms. The van der Waals surface area contributed by atoms with E-state index < -0.39 is 0 Å². The second kappa shape index (κ2) is 3.11. The van der Waals surface area contributed by atoms with Gasteiger partial charge in [-0.3, -0.25) is 0 Å². The molecule has 1 atom stereocenters. The van der Waals surface area contributed by atoms with Crippen molar-refractivity contribution in [3.63, 3.8) is 0 Å². The summed E-state index contributed by atoms with van der Waals surface area (Å²) in [5.41, 5.74) is 1.59. The van der Waals surface area contributed by atoms with Gasteiger partial charge >= 0.3 is 0 Å². The van der Waals surface area contributed by atoms with Crippen molar-refractivity contribution >= 4 is 16.1 Å². The zero-order valence-corrected chi connectivity index (χ0v) is 8.05. The molecule has 0 aromatic rings. The summed E-state index contributed by atoms with van der Waals surface area (Å²) in [7, 11) is 0. The molecule has 60 valence electrons. The van der Waals surface area contributed by atoms with Crippen molar-refractivity contribution in [2.75, 3.05) is 13.1 Å². The minimum atomic E-state index is 0.841. The summed E-state index contributed by atoms with van der Waals surface area (Å²) in [6, 6.07) is 0. The predicted molar refractivity (Wildman–Crippen MR) is 50.4 cm³/mol. The molecule has 0 bridgehead atoms. The van der Waals surface area contributed by atoms with Crippen molar-refractivity contribution in [2.45, 2.75) is 12.8 Å². The van der Waals surface area contributed by atoms with Gasteiger partial charge in [0.1, 0.15) is 0 Å². The molecular formula is C9H12BrN. The van der Waals surface area contributed by atoms with Gasteiger partial charge in [0.25, 0.3) is 0 Å². The molecule has 2 aliphatic rings. The average Bonchev–Trinajstić information content (AvgIpc) is 2.04. The standard InChI is InChI=1S/C9H12BrN/c10-11-6-5-8-3-1-2-4-9(8)7-11/h1-2,4,8H,3,5-7H2. The number of hydrogen-bond donors (Lipinski definition) is 0. The zero-order valence-electron chi connectivity index (χ0n) is 6.46. The highest BCUT2D eigenvalue weighted by Crippen LogP contribution is 2.29. The van der Waals surface area contributed by atoms with Crippen molar-refractivity contribution in [3.05, 3.63) is 23.8 Å². The first-order valence-electron chi connectivity index (χ1n) is 4.12. The molecule has 1 fully saturated rings. The number of hydrogen-bond acceptors (Lipinski definition) is 1. The van der Waals surface area contributed by atoms with Gasteiger partial charge in [-0.05, 0) is 18.8 Å². The molecule has 0 N–H and O–H groups in total. The van der Waals surface area contributed by atoms with Gasteiger partial charge in [-0.1, -0.05) is 23.8 Å². The largest absolute Gasteiger partial charge is 0.238 e. The van der Waals surface area contributed by atoms with Crippen LogP contribution in [0.3, 0.4) is 0 Å². The molecule has 1 nitrogen and oxygen atoms in total. The molecule has 0 aromatic carbocycles. The first-order chi connectivity index (χ1) is 5.36. The summed E-state index contributed by atoms with van der Waals surface area (Å²) in [5, 5.41) is 0. The number of rotatable bonds is 0. The second-order valence-electron chi connectivity index (χ2n) is 3.24. The maximum atomic E-state index is 3.52. The molecule has 0 saturated carbocycles. The molecule has 0 aromatic heterocycles. The average molecular weight is 214 g/mol. The fourth-order valence-electron chi connectivity index (χ4n) is 1.78. The maximum Gasteiger partial charge on any atom is 0.0308 e. The Labute approximate surface area is 76.1 Å². The van der Waals surface area contributed by atoms with Crippen LogP contribution in [0.25, 0.3) is 0 Å². The Morgan fingerprint density at radius 1 is 1.55 bits per heavy atom. The Morgan fingerprint density at radius 3 is 3.36 bits per heavy atom. The first kappa shape index (κ1) is 7.56. The van der Waals surface area contributed by atoms with Crippen LogP contribution in [0.2, 0.25) is 0 Å². The fraction of sp³-hybridized carbons (Fsp3) is 0.556. The van der Waals surface area contributed by atoms with E-state index in [-0.39, 0.29) is 0 Å². The highest BCUT2D eigenvalue weighted by Gasteiger charge is 2.22. The second-order valence-corrected chi connectivity index (χ2v) is 4.24. The molecular weight excluding hydrogens is 202 g/mol. The zero-order chi connectivity index (χ0) is 7.68. The molecule has 1 aliphatic carbocycles. The third kappa shape index (κ3) is 1.57. The Kier molecular flexibility index (Phi) is 2.14. The minimum absolute atomic E-state index is 0.841. The van der Waals surface area contributed by atoms with Gasteiger partial charge in [-0.15, -0.1) is 0 Å². The maximum absolute atomic E-state index is 3.52.